The Morgan fingerprint density at radius 2 is 2.30 bits per heavy atom. The number of nitrogens with one attached hydrogen (secondary N) is 1. The van der Waals surface area contributed by atoms with E-state index in [2.05, 4.69) is 10.6 Å². The standard InChI is InChI=1S/C16H18ClN3O3/c17-14-6-2-1-5-12(14)10-20-11-13(9-18-20)16(21)19-23-15-7-3-4-8-22-15/h1-2,5-6,9,11,15H,3-4,7-8,10H2,(H,19,21). The Morgan fingerprint density at radius 3 is 3.09 bits per heavy atom. The van der Waals surface area contributed by atoms with E-state index in [0.29, 0.717) is 23.7 Å². The Kier molecular flexibility index (Phi) is 5.27. The van der Waals surface area contributed by atoms with Crippen molar-refractivity contribution in [2.75, 3.05) is 6.61 Å². The van der Waals surface area contributed by atoms with E-state index in [1.54, 1.807) is 10.9 Å². The molecule has 1 aliphatic rings. The molecule has 1 N–H and O–H groups in total. The Hall–Kier alpha value is -1.89. The van der Waals surface area contributed by atoms with Crippen molar-refractivity contribution in [3.63, 3.8) is 0 Å². The third kappa shape index (κ3) is 4.31. The van der Waals surface area contributed by atoms with Crippen LogP contribution in [0.1, 0.15) is 35.2 Å². The van der Waals surface area contributed by atoms with Crippen LogP contribution in [-0.2, 0) is 16.1 Å². The lowest BCUT2D eigenvalue weighted by atomic mass is 10.2. The average Bonchev–Trinajstić information content (AvgIpc) is 3.04. The lowest BCUT2D eigenvalue weighted by molar-refractivity contribution is -0.186. The Bertz CT molecular complexity index is 668. The number of carbonyl (C=O) groups is 1. The van der Waals surface area contributed by atoms with Crippen molar-refractivity contribution in [2.24, 2.45) is 0 Å². The van der Waals surface area contributed by atoms with Crippen LogP contribution >= 0.6 is 11.6 Å². The molecular formula is C16H18ClN3O3. The van der Waals surface area contributed by atoms with Crippen molar-refractivity contribution in [1.29, 1.82) is 0 Å². The molecule has 7 heteroatoms. The molecule has 2 aromatic rings. The van der Waals surface area contributed by atoms with Crippen LogP contribution in [0, 0.1) is 0 Å². The van der Waals surface area contributed by atoms with Crippen LogP contribution in [0.25, 0.3) is 0 Å². The fourth-order valence-electron chi connectivity index (χ4n) is 2.35. The largest absolute Gasteiger partial charge is 0.350 e. The molecule has 1 amide bonds. The number of carbonyl (C=O) groups excluding carboxylic acids is 1. The molecule has 1 unspecified atom stereocenters. The zero-order chi connectivity index (χ0) is 16.1. The van der Waals surface area contributed by atoms with E-state index in [4.69, 9.17) is 21.2 Å². The summed E-state index contributed by atoms with van der Waals surface area (Å²) in [7, 11) is 0. The van der Waals surface area contributed by atoms with E-state index in [0.717, 1.165) is 24.8 Å². The molecule has 122 valence electrons. The summed E-state index contributed by atoms with van der Waals surface area (Å²) in [5, 5.41) is 4.85. The molecule has 3 rings (SSSR count). The number of aromatic nitrogens is 2. The molecule has 1 atom stereocenters. The van der Waals surface area contributed by atoms with Gasteiger partial charge in [0.2, 0.25) is 0 Å². The van der Waals surface area contributed by atoms with Crippen LogP contribution < -0.4 is 5.48 Å². The first-order valence-electron chi connectivity index (χ1n) is 7.56. The van der Waals surface area contributed by atoms with Crippen molar-refractivity contribution >= 4 is 17.5 Å². The topological polar surface area (TPSA) is 65.4 Å². The fourth-order valence-corrected chi connectivity index (χ4v) is 2.55. The second kappa shape index (κ2) is 7.59. The van der Waals surface area contributed by atoms with Crippen LogP contribution in [0.5, 0.6) is 0 Å². The minimum absolute atomic E-state index is 0.343. The normalized spacial score (nSPS) is 17.9. The van der Waals surface area contributed by atoms with Crippen LogP contribution in [0.2, 0.25) is 5.02 Å². The molecule has 6 nitrogen and oxygen atoms in total. The summed E-state index contributed by atoms with van der Waals surface area (Å²) in [6.45, 7) is 1.16. The summed E-state index contributed by atoms with van der Waals surface area (Å²) in [6, 6.07) is 7.54. The lowest BCUT2D eigenvalue weighted by Crippen LogP contribution is -2.32. The first-order chi connectivity index (χ1) is 11.2. The summed E-state index contributed by atoms with van der Waals surface area (Å²) < 4.78 is 7.05. The first kappa shape index (κ1) is 16.0. The molecule has 0 aliphatic carbocycles. The van der Waals surface area contributed by atoms with E-state index >= 15 is 0 Å². The molecular weight excluding hydrogens is 318 g/mol. The zero-order valence-corrected chi connectivity index (χ0v) is 13.3. The SMILES string of the molecule is O=C(NOC1CCCCO1)c1cnn(Cc2ccccc2Cl)c1. The number of rotatable bonds is 5. The number of benzene rings is 1. The predicted octanol–water partition coefficient (Wildman–Crippen LogP) is 2.77. The second-order valence-electron chi connectivity index (χ2n) is 5.36. The van der Waals surface area contributed by atoms with Crippen molar-refractivity contribution in [2.45, 2.75) is 32.1 Å². The minimum atomic E-state index is -0.370. The summed E-state index contributed by atoms with van der Waals surface area (Å²) in [6.07, 6.45) is 5.64. The summed E-state index contributed by atoms with van der Waals surface area (Å²) in [4.78, 5) is 17.3. The van der Waals surface area contributed by atoms with Gasteiger partial charge in [-0.05, 0) is 24.5 Å². The van der Waals surface area contributed by atoms with Gasteiger partial charge < -0.3 is 4.74 Å². The smallest absolute Gasteiger partial charge is 0.278 e. The quantitative estimate of drug-likeness (QED) is 0.853. The highest BCUT2D eigenvalue weighted by molar-refractivity contribution is 6.31. The maximum Gasteiger partial charge on any atom is 0.278 e. The number of amides is 1. The van der Waals surface area contributed by atoms with Gasteiger partial charge in [0.25, 0.3) is 5.91 Å². The second-order valence-corrected chi connectivity index (χ2v) is 5.77. The molecule has 1 fully saturated rings. The van der Waals surface area contributed by atoms with E-state index in [1.165, 1.54) is 6.20 Å². The Morgan fingerprint density at radius 1 is 1.43 bits per heavy atom. The van der Waals surface area contributed by atoms with E-state index in [1.807, 2.05) is 24.3 Å². The number of hydrogen-bond donors (Lipinski definition) is 1. The van der Waals surface area contributed by atoms with Gasteiger partial charge in [-0.3, -0.25) is 9.48 Å². The maximum atomic E-state index is 12.0. The minimum Gasteiger partial charge on any atom is -0.350 e. The predicted molar refractivity (Wildman–Crippen MR) is 84.9 cm³/mol. The average molecular weight is 336 g/mol. The van der Waals surface area contributed by atoms with Crippen LogP contribution in [0.3, 0.4) is 0 Å². The highest BCUT2D eigenvalue weighted by atomic mass is 35.5. The first-order valence-corrected chi connectivity index (χ1v) is 7.93. The van der Waals surface area contributed by atoms with E-state index in [9.17, 15) is 4.79 Å². The van der Waals surface area contributed by atoms with Gasteiger partial charge in [-0.25, -0.2) is 10.3 Å². The number of hydroxylamine groups is 1. The highest BCUT2D eigenvalue weighted by Gasteiger charge is 2.17. The van der Waals surface area contributed by atoms with Gasteiger partial charge in [0.1, 0.15) is 0 Å². The van der Waals surface area contributed by atoms with Crippen molar-refractivity contribution in [1.82, 2.24) is 15.3 Å². The number of ether oxygens (including phenoxy) is 1. The van der Waals surface area contributed by atoms with Crippen LogP contribution in [0.4, 0.5) is 0 Å². The van der Waals surface area contributed by atoms with Crippen LogP contribution in [0.15, 0.2) is 36.7 Å². The molecule has 0 saturated carbocycles. The van der Waals surface area contributed by atoms with Crippen LogP contribution in [-0.4, -0.2) is 28.6 Å². The molecule has 1 aromatic heterocycles. The third-order valence-electron chi connectivity index (χ3n) is 3.61. The number of halogens is 1. The van der Waals surface area contributed by atoms with Gasteiger partial charge >= 0.3 is 0 Å². The third-order valence-corrected chi connectivity index (χ3v) is 3.98. The van der Waals surface area contributed by atoms with Crippen molar-refractivity contribution in [3.8, 4) is 0 Å². The van der Waals surface area contributed by atoms with Crippen molar-refractivity contribution in [3.05, 3.63) is 52.8 Å². The lowest BCUT2D eigenvalue weighted by Gasteiger charge is -2.21. The summed E-state index contributed by atoms with van der Waals surface area (Å²) in [5.74, 6) is -0.343. The summed E-state index contributed by atoms with van der Waals surface area (Å²) in [5.41, 5.74) is 3.78. The number of nitrogens with zero attached hydrogens (tertiary/aromatic N) is 2. The molecule has 0 spiro atoms. The molecule has 0 bridgehead atoms. The molecule has 1 saturated heterocycles. The van der Waals surface area contributed by atoms with E-state index < -0.39 is 0 Å². The maximum absolute atomic E-state index is 12.0. The molecule has 1 aromatic carbocycles. The van der Waals surface area contributed by atoms with E-state index in [-0.39, 0.29) is 12.2 Å². The van der Waals surface area contributed by atoms with Gasteiger partial charge in [-0.1, -0.05) is 29.8 Å². The van der Waals surface area contributed by atoms with Crippen molar-refractivity contribution < 1.29 is 14.4 Å². The fraction of sp³-hybridized carbons (Fsp3) is 0.375. The Balaban J connectivity index is 1.55. The monoisotopic (exact) mass is 335 g/mol. The Labute approximate surface area is 139 Å². The van der Waals surface area contributed by atoms with Gasteiger partial charge in [0.15, 0.2) is 6.29 Å². The van der Waals surface area contributed by atoms with Gasteiger partial charge in [0, 0.05) is 24.2 Å². The molecule has 23 heavy (non-hydrogen) atoms. The zero-order valence-electron chi connectivity index (χ0n) is 12.6. The van der Waals surface area contributed by atoms with Gasteiger partial charge in [-0.15, -0.1) is 0 Å². The number of hydrogen-bond acceptors (Lipinski definition) is 4. The molecule has 1 aliphatic heterocycles. The molecule has 2 heterocycles. The highest BCUT2D eigenvalue weighted by Crippen LogP contribution is 2.16. The molecule has 0 radical (unpaired) electrons. The van der Waals surface area contributed by atoms with Gasteiger partial charge in [0.05, 0.1) is 18.3 Å². The summed E-state index contributed by atoms with van der Waals surface area (Å²) >= 11 is 6.12. The van der Waals surface area contributed by atoms with Gasteiger partial charge in [-0.2, -0.15) is 5.10 Å².